The molecule has 3 aliphatic heterocycles. The number of Topliss-reactive ketones (excluding diaryl/α,β-unsaturated/α-hetero) is 1. The van der Waals surface area contributed by atoms with Crippen LogP contribution < -0.4 is 52.6 Å². The first kappa shape index (κ1) is 117. The van der Waals surface area contributed by atoms with E-state index in [4.69, 9.17) is 41.0 Å². The molecule has 0 aromatic heterocycles. The van der Waals surface area contributed by atoms with Gasteiger partial charge in [-0.2, -0.15) is 0 Å². The smallest absolute Gasteiger partial charge is 0.497 e. The summed E-state index contributed by atoms with van der Waals surface area (Å²) in [7, 11) is 6.01. The van der Waals surface area contributed by atoms with E-state index in [-0.39, 0.29) is 114 Å². The van der Waals surface area contributed by atoms with Crippen molar-refractivity contribution in [3.8, 4) is 5.75 Å². The third-order valence-corrected chi connectivity index (χ3v) is 26.3. The highest BCUT2D eigenvalue weighted by atomic mass is 33.1. The zero-order valence-electron chi connectivity index (χ0n) is 80.9. The molecule has 1 unspecified atom stereocenters. The van der Waals surface area contributed by atoms with Gasteiger partial charge >= 0.3 is 47.9 Å². The summed E-state index contributed by atoms with van der Waals surface area (Å²) in [5.74, 6) is -23.2. The number of benzene rings is 2. The SMILES string of the molecule is CC[C@@H](C)[C@@H]1NC(=O)[C@H](NC(=O)[C@H](CC(C)C)N(C)C(=O)[C@H]2CCCN2C(=O)[C@@H](C)OC(=O)OCCSSC[C@H](NC(=O)[C@H](Cc2ccccc2)NC(=O)[C@H](CC(=O)O)NC(=O)CC[C@@H](C)NC(=O)CC[C@@H](NC(=S)N[C@H](CCC(=O)O)C(=O)O)C(=O)O)C(=O)O)[C@H](C)OC(=O)[C@@H](Cc2ccc(OC)cc2)N(C)C(=O)[C@H]2CCCN2C(=O)C(CC(C)C)NC(=O)[C@H](C)C(=O)[C@@H](C(C)C)OC(=O)C[C@H]1O. The largest absolute Gasteiger partial charge is 0.509 e. The maximum absolute atomic E-state index is 15.4. The van der Waals surface area contributed by atoms with Gasteiger partial charge in [0.2, 0.25) is 59.1 Å². The van der Waals surface area contributed by atoms with E-state index in [1.807, 2.05) is 13.8 Å². The fourth-order valence-electron chi connectivity index (χ4n) is 15.7. The van der Waals surface area contributed by atoms with Crippen LogP contribution in [0.15, 0.2) is 54.6 Å². The highest BCUT2D eigenvalue weighted by Crippen LogP contribution is 2.30. The number of rotatable bonds is 46. The molecule has 11 amide bonds. The third kappa shape index (κ3) is 37.9. The molecule has 3 aliphatic rings. The molecule has 0 radical (unpaired) electrons. The predicted octanol–water partition coefficient (Wildman–Crippen LogP) is 2.42. The molecule has 3 heterocycles. The average molecular weight is 2020 g/mol. The molecule has 0 spiro atoms. The van der Waals surface area contributed by atoms with Gasteiger partial charge in [-0.05, 0) is 145 Å². The molecule has 0 aliphatic carbocycles. The first-order chi connectivity index (χ1) is 65.4. The van der Waals surface area contributed by atoms with E-state index in [0.29, 0.717) is 23.3 Å². The summed E-state index contributed by atoms with van der Waals surface area (Å²) < 4.78 is 28.0. The quantitative estimate of drug-likeness (QED) is 0.0113. The monoisotopic (exact) mass is 2010 g/mol. The van der Waals surface area contributed by atoms with Gasteiger partial charge < -0.3 is 122 Å². The van der Waals surface area contributed by atoms with Crippen LogP contribution in [0.1, 0.15) is 191 Å². The Labute approximate surface area is 819 Å². The number of fused-ring (bicyclic) bond motifs is 1. The Hall–Kier alpha value is -12.0. The lowest BCUT2D eigenvalue weighted by atomic mass is 9.91. The standard InChI is InChI=1S/C92H135N13O31S3/c1-16-50(8)74-68(106)45-73(113)136-77(49(6)7)76(114)52(10)78(115)96-62(40-47(2)3)84(121)105-37-21-25-65(105)86(123)103(14)67(43-56-27-29-57(132-15)30-28-56)90(130)134-53(11)75(82(119)100-74)101-81(118)66(41-48(4)5)102(13)85(122)64-24-20-36-104(64)83(120)54(12)135-92(131)133-38-39-138-139-46-63(89(128)129)97-79(116)60(42-55-22-18-17-19-23-55)95-80(117)61(44-72(111)112)94-70(108)33-26-51(9)93-69(107)34-31-58(87(124)125)98-91(137)99-59(88(126)127)32-35-71(109)110/h17-19,22-23,27-30,47-54,58-68,74-75,77,106H,16,20-21,24-26,31-46H2,1-15H3,(H,93,107)(H,94,108)(H,95,117)(H,96,115)(H,97,116)(H,100,119)(H,101,118)(H,109,110)(H,111,112)(H,124,125)(H,126,127)(H,128,129)(H2,98,99,137)/t50-,51-,52-,53+,54-,58-,59-,60+,61+,62?,63+,64-,65-,66+,67-,68-,74+,75-,77-/m1/s1. The van der Waals surface area contributed by atoms with Crippen molar-refractivity contribution in [1.29, 1.82) is 0 Å². The molecule has 19 atom stereocenters. The number of hydrogen-bond acceptors (Lipinski definition) is 29. The van der Waals surface area contributed by atoms with Gasteiger partial charge in [0.25, 0.3) is 5.91 Å². The maximum atomic E-state index is 15.4. The number of carbonyl (C=O) groups is 20. The summed E-state index contributed by atoms with van der Waals surface area (Å²) in [6.07, 6.45) is -11.4. The Balaban J connectivity index is 1.27. The van der Waals surface area contributed by atoms with Gasteiger partial charge in [-0.1, -0.05) is 126 Å². The number of carboxylic acid groups (broad SMARTS) is 5. The molecule has 2 aromatic carbocycles. The molecule has 47 heteroatoms. The number of cyclic esters (lactones) is 2. The molecule has 15 N–H and O–H groups in total. The molecule has 44 nitrogen and oxygen atoms in total. The molecule has 139 heavy (non-hydrogen) atoms. The number of aliphatic carboxylic acids is 5. The minimum atomic E-state index is -1.91. The van der Waals surface area contributed by atoms with Crippen LogP contribution >= 0.6 is 33.8 Å². The number of ether oxygens (including phenoxy) is 5. The summed E-state index contributed by atoms with van der Waals surface area (Å²) >= 11 is 5.02. The Morgan fingerprint density at radius 1 is 0.647 bits per heavy atom. The van der Waals surface area contributed by atoms with Crippen LogP contribution in [0.25, 0.3) is 0 Å². The zero-order chi connectivity index (χ0) is 104. The van der Waals surface area contributed by atoms with E-state index in [1.54, 1.807) is 96.1 Å². The lowest BCUT2D eigenvalue weighted by Gasteiger charge is -2.36. The number of nitrogens with zero attached hydrogens (tertiary/aromatic N) is 4. The van der Waals surface area contributed by atoms with Crippen molar-refractivity contribution in [3.63, 3.8) is 0 Å². The van der Waals surface area contributed by atoms with Crippen LogP contribution in [-0.4, -0.2) is 329 Å². The van der Waals surface area contributed by atoms with Crippen molar-refractivity contribution in [2.75, 3.05) is 52.4 Å². The van der Waals surface area contributed by atoms with E-state index in [9.17, 15) is 97.5 Å². The normalized spacial score (nSPS) is 21.7. The van der Waals surface area contributed by atoms with Gasteiger partial charge in [0.1, 0.15) is 84.9 Å². The number of amides is 11. The Kier molecular flexibility index (Phi) is 48.6. The number of esters is 2. The van der Waals surface area contributed by atoms with E-state index < -0.39 is 277 Å². The number of aliphatic hydroxyl groups excluding tert-OH is 1. The van der Waals surface area contributed by atoms with Crippen LogP contribution in [0.2, 0.25) is 0 Å². The predicted molar refractivity (Wildman–Crippen MR) is 506 cm³/mol. The van der Waals surface area contributed by atoms with E-state index in [1.165, 1.54) is 58.7 Å². The topological polar surface area (TPSA) is 630 Å². The molecule has 3 fully saturated rings. The Bertz CT molecular complexity index is 4630. The summed E-state index contributed by atoms with van der Waals surface area (Å²) in [6.45, 7) is 18.6. The second kappa shape index (κ2) is 57.5. The molecule has 3 saturated heterocycles. The summed E-state index contributed by atoms with van der Waals surface area (Å²) in [6, 6.07) is -4.08. The molecular formula is C92H135N13O31S3. The molecule has 0 saturated carbocycles. The van der Waals surface area contributed by atoms with Gasteiger partial charge in [-0.15, -0.1) is 0 Å². The van der Waals surface area contributed by atoms with Crippen LogP contribution in [0.3, 0.4) is 0 Å². The van der Waals surface area contributed by atoms with Crippen LogP contribution in [0, 0.1) is 29.6 Å². The van der Waals surface area contributed by atoms with E-state index in [2.05, 4.69) is 47.9 Å². The lowest BCUT2D eigenvalue weighted by molar-refractivity contribution is -0.163. The third-order valence-electron chi connectivity index (χ3n) is 23.7. The molecular weight excluding hydrogens is 1880 g/mol. The van der Waals surface area contributed by atoms with Gasteiger partial charge in [0.05, 0.1) is 38.0 Å². The van der Waals surface area contributed by atoms with E-state index >= 15 is 24.0 Å². The fourth-order valence-corrected chi connectivity index (χ4v) is 18.0. The number of ketones is 1. The van der Waals surface area contributed by atoms with Gasteiger partial charge in [-0.25, -0.2) is 24.0 Å². The van der Waals surface area contributed by atoms with Crippen molar-refractivity contribution < 1.29 is 150 Å². The highest BCUT2D eigenvalue weighted by Gasteiger charge is 2.48. The number of methoxy groups -OCH3 is 1. The zero-order valence-corrected chi connectivity index (χ0v) is 83.3. The summed E-state index contributed by atoms with van der Waals surface area (Å²) in [5, 5.41) is 82.4. The summed E-state index contributed by atoms with van der Waals surface area (Å²) in [5.41, 5.74) is 0.961. The van der Waals surface area contributed by atoms with Gasteiger partial charge in [-0.3, -0.25) is 71.9 Å². The number of aliphatic hydroxyl groups is 1. The Morgan fingerprint density at radius 2 is 1.24 bits per heavy atom. The molecule has 5 rings (SSSR count). The van der Waals surface area contributed by atoms with Crippen molar-refractivity contribution in [3.05, 3.63) is 65.7 Å². The minimum absolute atomic E-state index is 0.0224. The van der Waals surface area contributed by atoms with Crippen LogP contribution in [0.4, 0.5) is 4.79 Å². The minimum Gasteiger partial charge on any atom is -0.497 e. The number of hydrogen-bond donors (Lipinski definition) is 15. The van der Waals surface area contributed by atoms with Gasteiger partial charge in [0.15, 0.2) is 23.1 Å². The van der Waals surface area contributed by atoms with Crippen molar-refractivity contribution in [2.24, 2.45) is 29.6 Å². The number of carbonyl (C=O) groups excluding carboxylic acids is 15. The average Bonchev–Trinajstić information content (AvgIpc) is 1.75. The number of likely N-dealkylation sites (N-methyl/N-ethyl adjacent to an activating group) is 2. The van der Waals surface area contributed by atoms with Crippen molar-refractivity contribution >= 4 is 158 Å². The molecule has 2 aromatic rings. The van der Waals surface area contributed by atoms with Crippen molar-refractivity contribution in [1.82, 2.24) is 67.5 Å². The number of likely N-dealkylation sites (tertiary alicyclic amines) is 1. The Morgan fingerprint density at radius 3 is 1.83 bits per heavy atom. The highest BCUT2D eigenvalue weighted by molar-refractivity contribution is 8.76. The van der Waals surface area contributed by atoms with Crippen molar-refractivity contribution in [2.45, 2.75) is 295 Å². The van der Waals surface area contributed by atoms with Crippen LogP contribution in [0.5, 0.6) is 5.75 Å². The second-order valence-corrected chi connectivity index (χ2v) is 39.0. The first-order valence-electron chi connectivity index (χ1n) is 46.2. The van der Waals surface area contributed by atoms with Gasteiger partial charge in [0, 0.05) is 76.8 Å². The lowest BCUT2D eigenvalue weighted by Crippen LogP contribution is -2.62. The number of thiocarbonyl (C=S) groups is 1. The number of nitrogens with one attached hydrogen (secondary N) is 9. The molecule has 0 bridgehead atoms. The molecule has 772 valence electrons. The maximum Gasteiger partial charge on any atom is 0.509 e. The second-order valence-electron chi connectivity index (χ2n) is 36.0. The van der Waals surface area contributed by atoms with Crippen LogP contribution in [-0.2, 0) is 123 Å². The summed E-state index contributed by atoms with van der Waals surface area (Å²) in [4.78, 5) is 279. The first-order valence-corrected chi connectivity index (χ1v) is 49.1. The fraction of sp³-hybridized carbons (Fsp3) is 0.641. The number of carboxylic acids is 5. The van der Waals surface area contributed by atoms with E-state index in [0.717, 1.165) is 31.4 Å².